The van der Waals surface area contributed by atoms with E-state index in [-0.39, 0.29) is 17.2 Å². The topological polar surface area (TPSA) is 75.3 Å². The van der Waals surface area contributed by atoms with E-state index in [4.69, 9.17) is 5.73 Å². The second kappa shape index (κ2) is 7.18. The quantitative estimate of drug-likeness (QED) is 0.905. The fourth-order valence-electron chi connectivity index (χ4n) is 4.61. The van der Waals surface area contributed by atoms with E-state index >= 15 is 0 Å². The smallest absolute Gasteiger partial charge is 0.230 e. The van der Waals surface area contributed by atoms with Crippen LogP contribution in [-0.2, 0) is 4.79 Å². The van der Waals surface area contributed by atoms with Crippen molar-refractivity contribution in [1.29, 1.82) is 0 Å². The number of anilines is 2. The van der Waals surface area contributed by atoms with Crippen molar-refractivity contribution in [3.63, 3.8) is 0 Å². The number of piperidine rings is 2. The molecular weight excluding hydrogens is 338 g/mol. The molecule has 0 bridgehead atoms. The lowest BCUT2D eigenvalue weighted by atomic mass is 9.67. The van der Waals surface area contributed by atoms with Crippen LogP contribution in [0, 0.1) is 5.41 Å². The molecule has 1 spiro atoms. The largest absolute Gasteiger partial charge is 0.384 e. The molecule has 27 heavy (non-hydrogen) atoms. The van der Waals surface area contributed by atoms with E-state index in [0.717, 1.165) is 56.8 Å². The minimum absolute atomic E-state index is 0.0267. The number of benzene rings is 1. The summed E-state index contributed by atoms with van der Waals surface area (Å²) in [6.45, 7) is 5.59. The van der Waals surface area contributed by atoms with Crippen molar-refractivity contribution in [2.24, 2.45) is 5.41 Å². The van der Waals surface area contributed by atoms with E-state index in [1.54, 1.807) is 0 Å². The molecule has 2 aliphatic rings. The second-order valence-corrected chi connectivity index (χ2v) is 7.81. The van der Waals surface area contributed by atoms with Crippen molar-refractivity contribution < 1.29 is 4.79 Å². The predicted octanol–water partition coefficient (Wildman–Crippen LogP) is 2.68. The van der Waals surface area contributed by atoms with Gasteiger partial charge in [-0.3, -0.25) is 4.79 Å². The lowest BCUT2D eigenvalue weighted by Gasteiger charge is -2.50. The van der Waals surface area contributed by atoms with Gasteiger partial charge in [0.2, 0.25) is 5.91 Å². The Balaban J connectivity index is 1.53. The molecule has 1 aromatic heterocycles. The molecule has 0 aliphatic carbocycles. The molecule has 142 valence electrons. The van der Waals surface area contributed by atoms with Crippen molar-refractivity contribution in [2.45, 2.75) is 32.1 Å². The number of likely N-dealkylation sites (tertiary alicyclic amines) is 1. The van der Waals surface area contributed by atoms with Gasteiger partial charge in [-0.2, -0.15) is 0 Å². The molecule has 6 heteroatoms. The van der Waals surface area contributed by atoms with Crippen LogP contribution in [0.1, 0.15) is 37.7 Å². The van der Waals surface area contributed by atoms with E-state index in [0.29, 0.717) is 5.82 Å². The number of likely N-dealkylation sites (N-methyl/N-ethyl adjacent to an activating group) is 1. The van der Waals surface area contributed by atoms with Crippen LogP contribution in [0.2, 0.25) is 0 Å². The number of carbonyl (C=O) groups excluding carboxylic acids is 1. The third kappa shape index (κ3) is 3.48. The predicted molar refractivity (Wildman–Crippen MR) is 106 cm³/mol. The zero-order valence-electron chi connectivity index (χ0n) is 15.8. The van der Waals surface area contributed by atoms with Gasteiger partial charge in [-0.25, -0.2) is 9.97 Å². The van der Waals surface area contributed by atoms with Gasteiger partial charge in [0, 0.05) is 32.2 Å². The summed E-state index contributed by atoms with van der Waals surface area (Å²) in [6.07, 6.45) is 4.58. The average molecular weight is 365 g/mol. The maximum Gasteiger partial charge on any atom is 0.230 e. The highest BCUT2D eigenvalue weighted by Crippen LogP contribution is 2.46. The van der Waals surface area contributed by atoms with Crippen LogP contribution in [0.4, 0.5) is 11.6 Å². The van der Waals surface area contributed by atoms with E-state index in [9.17, 15) is 4.79 Å². The Labute approximate surface area is 160 Å². The number of hydrogen-bond acceptors (Lipinski definition) is 5. The van der Waals surface area contributed by atoms with E-state index in [2.05, 4.69) is 38.8 Å². The van der Waals surface area contributed by atoms with Crippen molar-refractivity contribution >= 4 is 17.5 Å². The fraction of sp³-hybridized carbons (Fsp3) is 0.476. The Bertz CT molecular complexity index is 801. The van der Waals surface area contributed by atoms with Crippen molar-refractivity contribution in [1.82, 2.24) is 14.9 Å². The number of amides is 1. The highest BCUT2D eigenvalue weighted by Gasteiger charge is 2.45. The van der Waals surface area contributed by atoms with Crippen LogP contribution in [-0.4, -0.2) is 47.0 Å². The van der Waals surface area contributed by atoms with Gasteiger partial charge < -0.3 is 15.5 Å². The van der Waals surface area contributed by atoms with Crippen molar-refractivity contribution in [3.05, 3.63) is 48.3 Å². The van der Waals surface area contributed by atoms with Crippen LogP contribution >= 0.6 is 0 Å². The van der Waals surface area contributed by atoms with E-state index < -0.39 is 0 Å². The van der Waals surface area contributed by atoms with Gasteiger partial charge in [0.1, 0.15) is 18.0 Å². The van der Waals surface area contributed by atoms with Gasteiger partial charge in [0.05, 0.1) is 5.92 Å². The number of hydrogen-bond donors (Lipinski definition) is 1. The third-order valence-electron chi connectivity index (χ3n) is 6.18. The van der Waals surface area contributed by atoms with Gasteiger partial charge in [-0.1, -0.05) is 30.3 Å². The molecule has 1 atom stereocenters. The minimum atomic E-state index is -0.0267. The highest BCUT2D eigenvalue weighted by molar-refractivity contribution is 5.84. The van der Waals surface area contributed by atoms with Crippen LogP contribution in [0.5, 0.6) is 0 Å². The fourth-order valence-corrected chi connectivity index (χ4v) is 4.61. The Morgan fingerprint density at radius 2 is 1.93 bits per heavy atom. The van der Waals surface area contributed by atoms with Gasteiger partial charge in [-0.05, 0) is 37.2 Å². The molecule has 2 saturated heterocycles. The van der Waals surface area contributed by atoms with Gasteiger partial charge in [0.25, 0.3) is 0 Å². The normalized spacial score (nSPS) is 22.3. The van der Waals surface area contributed by atoms with Crippen molar-refractivity contribution in [3.8, 4) is 0 Å². The molecule has 2 aromatic rings. The maximum atomic E-state index is 13.0. The lowest BCUT2D eigenvalue weighted by molar-refractivity contribution is -0.140. The van der Waals surface area contributed by atoms with Gasteiger partial charge in [-0.15, -0.1) is 0 Å². The molecule has 2 N–H and O–H groups in total. The third-order valence-corrected chi connectivity index (χ3v) is 6.18. The summed E-state index contributed by atoms with van der Waals surface area (Å²) in [6, 6.07) is 12.1. The van der Waals surface area contributed by atoms with E-state index in [1.807, 2.05) is 24.3 Å². The highest BCUT2D eigenvalue weighted by atomic mass is 16.2. The van der Waals surface area contributed by atoms with Crippen molar-refractivity contribution in [2.75, 3.05) is 36.8 Å². The lowest BCUT2D eigenvalue weighted by Crippen LogP contribution is -2.54. The number of rotatable bonds is 3. The molecule has 2 fully saturated rings. The molecule has 0 radical (unpaired) electrons. The summed E-state index contributed by atoms with van der Waals surface area (Å²) in [5, 5.41) is 0. The molecule has 4 rings (SSSR count). The Morgan fingerprint density at radius 3 is 2.59 bits per heavy atom. The van der Waals surface area contributed by atoms with E-state index in [1.165, 1.54) is 6.33 Å². The molecule has 6 nitrogen and oxygen atoms in total. The number of aromatic nitrogens is 2. The number of nitrogens with two attached hydrogens (primary N) is 1. The molecule has 0 unspecified atom stereocenters. The zero-order chi connectivity index (χ0) is 18.9. The van der Waals surface area contributed by atoms with Crippen LogP contribution in [0.15, 0.2) is 42.7 Å². The first kappa shape index (κ1) is 17.8. The summed E-state index contributed by atoms with van der Waals surface area (Å²) < 4.78 is 0. The molecule has 3 heterocycles. The van der Waals surface area contributed by atoms with Crippen LogP contribution < -0.4 is 10.6 Å². The Hall–Kier alpha value is -2.63. The number of nitrogens with zero attached hydrogens (tertiary/aromatic N) is 4. The van der Waals surface area contributed by atoms with Crippen LogP contribution in [0.3, 0.4) is 0 Å². The zero-order valence-corrected chi connectivity index (χ0v) is 15.8. The minimum Gasteiger partial charge on any atom is -0.384 e. The summed E-state index contributed by atoms with van der Waals surface area (Å²) in [7, 11) is 0. The molecule has 0 saturated carbocycles. The Morgan fingerprint density at radius 1 is 1.19 bits per heavy atom. The maximum absolute atomic E-state index is 13.0. The first-order valence-corrected chi connectivity index (χ1v) is 9.76. The molecule has 1 aromatic carbocycles. The molecule has 1 amide bonds. The van der Waals surface area contributed by atoms with Crippen LogP contribution in [0.25, 0.3) is 0 Å². The number of nitrogen functional groups attached to an aromatic ring is 1. The first-order chi connectivity index (χ1) is 13.1. The Kier molecular flexibility index (Phi) is 4.72. The summed E-state index contributed by atoms with van der Waals surface area (Å²) in [5.74, 6) is 1.66. The summed E-state index contributed by atoms with van der Waals surface area (Å²) in [5.41, 5.74) is 7.14. The SMILES string of the molecule is CCN1CC2(CCN(c3cc(N)ncn3)CC2)C[C@H](c2ccccc2)C1=O. The number of carbonyl (C=O) groups is 1. The summed E-state index contributed by atoms with van der Waals surface area (Å²) in [4.78, 5) is 25.7. The monoisotopic (exact) mass is 365 g/mol. The molecular formula is C21H27N5O. The first-order valence-electron chi connectivity index (χ1n) is 9.76. The standard InChI is InChI=1S/C21H27N5O/c1-2-25-14-21(13-17(20(25)27)16-6-4-3-5-7-16)8-10-26(11-9-21)19-12-18(22)23-15-24-19/h3-7,12,15,17H,2,8-11,13-14H2,1H3,(H2,22,23,24)/t17-/m1/s1. The average Bonchev–Trinajstić information content (AvgIpc) is 2.71. The summed E-state index contributed by atoms with van der Waals surface area (Å²) >= 11 is 0. The van der Waals surface area contributed by atoms with Gasteiger partial charge in [0.15, 0.2) is 0 Å². The molecule has 2 aliphatic heterocycles. The second-order valence-electron chi connectivity index (χ2n) is 7.81. The van der Waals surface area contributed by atoms with Gasteiger partial charge >= 0.3 is 0 Å².